The number of ether oxygens (including phenoxy) is 1. The van der Waals surface area contributed by atoms with E-state index in [1.54, 1.807) is 7.11 Å². The Hall–Kier alpha value is -2.33. The number of carbonyl (C=O) groups is 1. The van der Waals surface area contributed by atoms with Crippen molar-refractivity contribution in [2.24, 2.45) is 0 Å². The van der Waals surface area contributed by atoms with E-state index in [2.05, 4.69) is 11.4 Å². The second-order valence-electron chi connectivity index (χ2n) is 5.05. The molecule has 1 N–H and O–H groups in total. The molecule has 3 nitrogen and oxygen atoms in total. The molecule has 0 saturated heterocycles. The van der Waals surface area contributed by atoms with Crippen molar-refractivity contribution in [1.29, 1.82) is 0 Å². The zero-order chi connectivity index (χ0) is 15.5. The van der Waals surface area contributed by atoms with Crippen LogP contribution in [-0.2, 0) is 6.54 Å². The van der Waals surface area contributed by atoms with E-state index in [1.807, 2.05) is 49.4 Å². The highest BCUT2D eigenvalue weighted by atomic mass is 32.1. The average molecular weight is 311 g/mol. The Labute approximate surface area is 133 Å². The average Bonchev–Trinajstić information content (AvgIpc) is 2.90. The molecule has 1 amide bonds. The van der Waals surface area contributed by atoms with Crippen LogP contribution in [0.2, 0.25) is 0 Å². The summed E-state index contributed by atoms with van der Waals surface area (Å²) in [5.74, 6) is 0.750. The van der Waals surface area contributed by atoms with Gasteiger partial charge in [-0.05, 0) is 30.0 Å². The summed E-state index contributed by atoms with van der Waals surface area (Å²) in [5.41, 5.74) is 2.01. The van der Waals surface area contributed by atoms with Gasteiger partial charge < -0.3 is 10.1 Å². The van der Waals surface area contributed by atoms with Gasteiger partial charge in [-0.2, -0.15) is 0 Å². The monoisotopic (exact) mass is 311 g/mol. The van der Waals surface area contributed by atoms with Crippen LogP contribution >= 0.6 is 11.3 Å². The van der Waals surface area contributed by atoms with E-state index in [0.717, 1.165) is 31.8 Å². The lowest BCUT2D eigenvalue weighted by Gasteiger charge is -2.09. The van der Waals surface area contributed by atoms with Crippen LogP contribution in [0, 0.1) is 6.92 Å². The van der Waals surface area contributed by atoms with Gasteiger partial charge in [-0.1, -0.05) is 36.4 Å². The lowest BCUT2D eigenvalue weighted by molar-refractivity contribution is 0.0954. The van der Waals surface area contributed by atoms with Gasteiger partial charge in [0.2, 0.25) is 0 Å². The Morgan fingerprint density at radius 3 is 2.64 bits per heavy atom. The van der Waals surface area contributed by atoms with E-state index in [9.17, 15) is 4.79 Å². The number of aryl methyl sites for hydroxylation is 1. The van der Waals surface area contributed by atoms with Crippen LogP contribution in [0.1, 0.15) is 20.8 Å². The molecule has 1 aromatic heterocycles. The zero-order valence-electron chi connectivity index (χ0n) is 12.6. The van der Waals surface area contributed by atoms with Gasteiger partial charge in [0.05, 0.1) is 12.0 Å². The predicted octanol–water partition coefficient (Wildman–Crippen LogP) is 4.15. The molecule has 0 aliphatic heterocycles. The number of para-hydroxylation sites is 1. The summed E-state index contributed by atoms with van der Waals surface area (Å²) >= 11 is 1.53. The minimum Gasteiger partial charge on any atom is -0.496 e. The molecule has 0 radical (unpaired) electrons. The number of thiophene rings is 1. The predicted molar refractivity (Wildman–Crippen MR) is 90.7 cm³/mol. The first-order valence-corrected chi connectivity index (χ1v) is 7.90. The van der Waals surface area contributed by atoms with Crippen molar-refractivity contribution in [2.45, 2.75) is 13.5 Å². The quantitative estimate of drug-likeness (QED) is 0.786. The summed E-state index contributed by atoms with van der Waals surface area (Å²) in [6.07, 6.45) is 0. The number of nitrogens with one attached hydrogen (secondary N) is 1. The maximum Gasteiger partial charge on any atom is 0.261 e. The minimum absolute atomic E-state index is 0.0374. The van der Waals surface area contributed by atoms with E-state index in [0.29, 0.717) is 6.54 Å². The number of rotatable bonds is 4. The number of fused-ring (bicyclic) bond motifs is 1. The molecule has 0 bridgehead atoms. The molecular formula is C18H17NO2S. The van der Waals surface area contributed by atoms with Gasteiger partial charge in [-0.25, -0.2) is 0 Å². The zero-order valence-corrected chi connectivity index (χ0v) is 13.4. The van der Waals surface area contributed by atoms with E-state index < -0.39 is 0 Å². The van der Waals surface area contributed by atoms with Crippen LogP contribution in [0.4, 0.5) is 0 Å². The molecule has 0 atom stereocenters. The highest BCUT2D eigenvalue weighted by Gasteiger charge is 2.15. The Bertz CT molecular complexity index is 823. The Morgan fingerprint density at radius 2 is 1.86 bits per heavy atom. The minimum atomic E-state index is -0.0374. The fraction of sp³-hybridized carbons (Fsp3) is 0.167. The van der Waals surface area contributed by atoms with Gasteiger partial charge in [0.25, 0.3) is 5.91 Å². The van der Waals surface area contributed by atoms with Gasteiger partial charge in [0.1, 0.15) is 5.75 Å². The second-order valence-corrected chi connectivity index (χ2v) is 6.10. The number of hydrogen-bond donors (Lipinski definition) is 1. The molecule has 1 heterocycles. The maximum absolute atomic E-state index is 12.5. The summed E-state index contributed by atoms with van der Waals surface area (Å²) in [6, 6.07) is 15.8. The standard InChI is InChI=1S/C18H17NO2S/c1-12-14-8-4-6-10-16(14)22-17(12)18(20)19-11-13-7-3-5-9-15(13)21-2/h3-10H,11H2,1-2H3,(H,19,20). The Morgan fingerprint density at radius 1 is 1.14 bits per heavy atom. The van der Waals surface area contributed by atoms with Gasteiger partial charge in [0, 0.05) is 16.8 Å². The molecule has 112 valence electrons. The molecule has 0 saturated carbocycles. The lowest BCUT2D eigenvalue weighted by Crippen LogP contribution is -2.22. The van der Waals surface area contributed by atoms with Crippen LogP contribution in [0.25, 0.3) is 10.1 Å². The molecule has 0 spiro atoms. The van der Waals surface area contributed by atoms with Crippen LogP contribution in [0.15, 0.2) is 48.5 Å². The van der Waals surface area contributed by atoms with Crippen molar-refractivity contribution in [3.8, 4) is 5.75 Å². The molecule has 2 aromatic carbocycles. The summed E-state index contributed by atoms with van der Waals surface area (Å²) in [5, 5.41) is 4.13. The molecule has 0 fully saturated rings. The third kappa shape index (κ3) is 2.70. The fourth-order valence-electron chi connectivity index (χ4n) is 2.50. The largest absolute Gasteiger partial charge is 0.496 e. The first kappa shape index (κ1) is 14.6. The summed E-state index contributed by atoms with van der Waals surface area (Å²) in [7, 11) is 1.64. The SMILES string of the molecule is COc1ccccc1CNC(=O)c1sc2ccccc2c1C. The van der Waals surface area contributed by atoms with Crippen LogP contribution in [0.5, 0.6) is 5.75 Å². The topological polar surface area (TPSA) is 38.3 Å². The number of carbonyl (C=O) groups excluding carboxylic acids is 1. The van der Waals surface area contributed by atoms with Crippen molar-refractivity contribution in [2.75, 3.05) is 7.11 Å². The molecule has 0 aliphatic carbocycles. The van der Waals surface area contributed by atoms with Gasteiger partial charge in [0.15, 0.2) is 0 Å². The molecule has 0 unspecified atom stereocenters. The molecular weight excluding hydrogens is 294 g/mol. The van der Waals surface area contributed by atoms with Gasteiger partial charge in [-0.15, -0.1) is 11.3 Å². The first-order chi connectivity index (χ1) is 10.7. The third-order valence-corrected chi connectivity index (χ3v) is 4.95. The van der Waals surface area contributed by atoms with Gasteiger partial charge >= 0.3 is 0 Å². The van der Waals surface area contributed by atoms with Crippen molar-refractivity contribution in [1.82, 2.24) is 5.32 Å². The highest BCUT2D eigenvalue weighted by Crippen LogP contribution is 2.30. The molecule has 4 heteroatoms. The van der Waals surface area contributed by atoms with E-state index in [4.69, 9.17) is 4.74 Å². The Kier molecular flexibility index (Phi) is 4.11. The normalized spacial score (nSPS) is 10.6. The Balaban J connectivity index is 1.80. The van der Waals surface area contributed by atoms with Crippen LogP contribution in [-0.4, -0.2) is 13.0 Å². The van der Waals surface area contributed by atoms with E-state index in [-0.39, 0.29) is 5.91 Å². The van der Waals surface area contributed by atoms with Crippen molar-refractivity contribution in [3.63, 3.8) is 0 Å². The first-order valence-electron chi connectivity index (χ1n) is 7.09. The fourth-order valence-corrected chi connectivity index (χ4v) is 3.62. The van der Waals surface area contributed by atoms with Gasteiger partial charge in [-0.3, -0.25) is 4.79 Å². The molecule has 0 aliphatic rings. The van der Waals surface area contributed by atoms with Crippen molar-refractivity contribution < 1.29 is 9.53 Å². The third-order valence-electron chi connectivity index (χ3n) is 3.68. The van der Waals surface area contributed by atoms with Crippen molar-refractivity contribution >= 4 is 27.3 Å². The lowest BCUT2D eigenvalue weighted by atomic mass is 10.1. The molecule has 3 rings (SSSR count). The summed E-state index contributed by atoms with van der Waals surface area (Å²) in [4.78, 5) is 13.2. The van der Waals surface area contributed by atoms with E-state index >= 15 is 0 Å². The second kappa shape index (κ2) is 6.20. The summed E-state index contributed by atoms with van der Waals surface area (Å²) < 4.78 is 6.45. The maximum atomic E-state index is 12.5. The number of hydrogen-bond acceptors (Lipinski definition) is 3. The van der Waals surface area contributed by atoms with Crippen LogP contribution < -0.4 is 10.1 Å². The van der Waals surface area contributed by atoms with E-state index in [1.165, 1.54) is 11.3 Å². The number of amides is 1. The number of benzene rings is 2. The highest BCUT2D eigenvalue weighted by molar-refractivity contribution is 7.21. The smallest absolute Gasteiger partial charge is 0.261 e. The molecule has 22 heavy (non-hydrogen) atoms. The van der Waals surface area contributed by atoms with Crippen LogP contribution in [0.3, 0.4) is 0 Å². The molecule has 3 aromatic rings. The summed E-state index contributed by atoms with van der Waals surface area (Å²) in [6.45, 7) is 2.45. The number of methoxy groups -OCH3 is 1. The van der Waals surface area contributed by atoms with Crippen molar-refractivity contribution in [3.05, 3.63) is 64.5 Å².